The molecule has 0 aromatic heterocycles. The highest BCUT2D eigenvalue weighted by atomic mass is 15.0. The third-order valence-corrected chi connectivity index (χ3v) is 2.30. The maximum atomic E-state index is 5.72. The first-order valence-corrected chi connectivity index (χ1v) is 4.40. The van der Waals surface area contributed by atoms with E-state index in [0.29, 0.717) is 0 Å². The number of nitrogens with one attached hydrogen (secondary N) is 1. The van der Waals surface area contributed by atoms with Crippen LogP contribution >= 0.6 is 0 Å². The average molecular weight is 175 g/mol. The van der Waals surface area contributed by atoms with Crippen LogP contribution in [-0.2, 0) is 6.42 Å². The van der Waals surface area contributed by atoms with Gasteiger partial charge in [-0.15, -0.1) is 0 Å². The highest BCUT2D eigenvalue weighted by Crippen LogP contribution is 2.17. The molecule has 0 unspecified atom stereocenters. The van der Waals surface area contributed by atoms with E-state index in [0.717, 1.165) is 30.1 Å². The Balaban J connectivity index is 2.54. The summed E-state index contributed by atoms with van der Waals surface area (Å²) in [6.45, 7) is 0.962. The SMILES string of the molecule is CN=C1NCCc2ccc(N)cc21. The minimum atomic E-state index is 0.795. The predicted molar refractivity (Wildman–Crippen MR) is 55.0 cm³/mol. The monoisotopic (exact) mass is 175 g/mol. The molecule has 0 bridgehead atoms. The fraction of sp³-hybridized carbons (Fsp3) is 0.300. The molecule has 1 aromatic carbocycles. The van der Waals surface area contributed by atoms with Gasteiger partial charge in [-0.25, -0.2) is 0 Å². The second-order valence-electron chi connectivity index (χ2n) is 3.17. The first kappa shape index (κ1) is 8.10. The van der Waals surface area contributed by atoms with Crippen LogP contribution in [0.2, 0.25) is 0 Å². The van der Waals surface area contributed by atoms with Gasteiger partial charge in [0.2, 0.25) is 0 Å². The van der Waals surface area contributed by atoms with E-state index in [1.54, 1.807) is 7.05 Å². The van der Waals surface area contributed by atoms with E-state index in [2.05, 4.69) is 16.4 Å². The molecule has 0 saturated heterocycles. The Morgan fingerprint density at radius 1 is 1.46 bits per heavy atom. The Hall–Kier alpha value is -1.51. The van der Waals surface area contributed by atoms with Gasteiger partial charge in [-0.1, -0.05) is 6.07 Å². The van der Waals surface area contributed by atoms with Crippen LogP contribution < -0.4 is 11.1 Å². The topological polar surface area (TPSA) is 50.4 Å². The molecule has 68 valence electrons. The molecule has 0 aliphatic carbocycles. The van der Waals surface area contributed by atoms with E-state index in [9.17, 15) is 0 Å². The summed E-state index contributed by atoms with van der Waals surface area (Å²) in [5.74, 6) is 0.952. The minimum Gasteiger partial charge on any atom is -0.399 e. The number of nitrogen functional groups attached to an aromatic ring is 1. The number of rotatable bonds is 0. The standard InChI is InChI=1S/C10H13N3/c1-12-10-9-6-8(11)3-2-7(9)4-5-13-10/h2-3,6H,4-5,11H2,1H3,(H,12,13). The van der Waals surface area contributed by atoms with Gasteiger partial charge in [0, 0.05) is 24.8 Å². The summed E-state index contributed by atoms with van der Waals surface area (Å²) < 4.78 is 0. The number of anilines is 1. The predicted octanol–water partition coefficient (Wildman–Crippen LogP) is 0.791. The lowest BCUT2D eigenvalue weighted by Crippen LogP contribution is -2.32. The van der Waals surface area contributed by atoms with Gasteiger partial charge >= 0.3 is 0 Å². The first-order chi connectivity index (χ1) is 6.31. The summed E-state index contributed by atoms with van der Waals surface area (Å²) in [5.41, 5.74) is 8.99. The molecule has 1 aliphatic heterocycles. The van der Waals surface area contributed by atoms with Crippen LogP contribution in [0.4, 0.5) is 5.69 Å². The molecule has 3 heteroatoms. The van der Waals surface area contributed by atoms with Crippen LogP contribution in [0, 0.1) is 0 Å². The fourth-order valence-corrected chi connectivity index (χ4v) is 1.64. The molecule has 2 rings (SSSR count). The van der Waals surface area contributed by atoms with E-state index in [4.69, 9.17) is 5.73 Å². The van der Waals surface area contributed by atoms with Gasteiger partial charge in [0.15, 0.2) is 0 Å². The zero-order valence-corrected chi connectivity index (χ0v) is 7.67. The van der Waals surface area contributed by atoms with Crippen molar-refractivity contribution in [3.8, 4) is 0 Å². The third kappa shape index (κ3) is 1.37. The average Bonchev–Trinajstić information content (AvgIpc) is 2.17. The molecular weight excluding hydrogens is 162 g/mol. The Morgan fingerprint density at radius 3 is 3.08 bits per heavy atom. The van der Waals surface area contributed by atoms with Crippen LogP contribution in [0.25, 0.3) is 0 Å². The lowest BCUT2D eigenvalue weighted by atomic mass is 9.99. The lowest BCUT2D eigenvalue weighted by molar-refractivity contribution is 0.835. The van der Waals surface area contributed by atoms with E-state index >= 15 is 0 Å². The van der Waals surface area contributed by atoms with Crippen LogP contribution in [-0.4, -0.2) is 19.4 Å². The highest BCUT2D eigenvalue weighted by molar-refractivity contribution is 6.01. The van der Waals surface area contributed by atoms with Crippen molar-refractivity contribution < 1.29 is 0 Å². The zero-order valence-electron chi connectivity index (χ0n) is 7.67. The van der Waals surface area contributed by atoms with Crippen molar-refractivity contribution in [2.45, 2.75) is 6.42 Å². The van der Waals surface area contributed by atoms with Gasteiger partial charge in [-0.05, 0) is 24.1 Å². The van der Waals surface area contributed by atoms with Gasteiger partial charge < -0.3 is 11.1 Å². The summed E-state index contributed by atoms with van der Waals surface area (Å²) >= 11 is 0. The van der Waals surface area contributed by atoms with Crippen LogP contribution in [0.5, 0.6) is 0 Å². The highest BCUT2D eigenvalue weighted by Gasteiger charge is 2.13. The van der Waals surface area contributed by atoms with Crippen molar-refractivity contribution in [1.29, 1.82) is 0 Å². The molecule has 0 fully saturated rings. The summed E-state index contributed by atoms with van der Waals surface area (Å²) in [4.78, 5) is 4.18. The van der Waals surface area contributed by atoms with Crippen molar-refractivity contribution >= 4 is 11.5 Å². The molecule has 0 amide bonds. The maximum absolute atomic E-state index is 5.72. The van der Waals surface area contributed by atoms with Crippen molar-refractivity contribution in [1.82, 2.24) is 5.32 Å². The number of amidine groups is 1. The van der Waals surface area contributed by atoms with E-state index in [1.807, 2.05) is 12.1 Å². The van der Waals surface area contributed by atoms with Crippen molar-refractivity contribution in [2.75, 3.05) is 19.3 Å². The van der Waals surface area contributed by atoms with Crippen molar-refractivity contribution in [2.24, 2.45) is 4.99 Å². The number of hydrogen-bond donors (Lipinski definition) is 2. The Kier molecular flexibility index (Phi) is 1.93. The molecule has 1 heterocycles. The Morgan fingerprint density at radius 2 is 2.31 bits per heavy atom. The van der Waals surface area contributed by atoms with Gasteiger partial charge in [0.25, 0.3) is 0 Å². The number of benzene rings is 1. The smallest absolute Gasteiger partial charge is 0.128 e. The lowest BCUT2D eigenvalue weighted by Gasteiger charge is -2.19. The number of aliphatic imine (C=N–C) groups is 1. The quantitative estimate of drug-likeness (QED) is 0.573. The van der Waals surface area contributed by atoms with E-state index in [-0.39, 0.29) is 0 Å². The number of hydrogen-bond acceptors (Lipinski definition) is 2. The Labute approximate surface area is 77.7 Å². The van der Waals surface area contributed by atoms with Crippen LogP contribution in [0.1, 0.15) is 11.1 Å². The molecular formula is C10H13N3. The number of nitrogens with zero attached hydrogens (tertiary/aromatic N) is 1. The molecule has 13 heavy (non-hydrogen) atoms. The fourth-order valence-electron chi connectivity index (χ4n) is 1.64. The third-order valence-electron chi connectivity index (χ3n) is 2.30. The van der Waals surface area contributed by atoms with Crippen LogP contribution in [0.3, 0.4) is 0 Å². The van der Waals surface area contributed by atoms with Crippen LogP contribution in [0.15, 0.2) is 23.2 Å². The molecule has 1 aliphatic rings. The first-order valence-electron chi connectivity index (χ1n) is 4.40. The molecule has 0 saturated carbocycles. The van der Waals surface area contributed by atoms with Gasteiger partial charge in [0.1, 0.15) is 5.84 Å². The second-order valence-corrected chi connectivity index (χ2v) is 3.17. The summed E-state index contributed by atoms with van der Waals surface area (Å²) in [7, 11) is 1.79. The van der Waals surface area contributed by atoms with E-state index < -0.39 is 0 Å². The largest absolute Gasteiger partial charge is 0.399 e. The van der Waals surface area contributed by atoms with Crippen molar-refractivity contribution in [3.05, 3.63) is 29.3 Å². The van der Waals surface area contributed by atoms with E-state index in [1.165, 1.54) is 5.56 Å². The molecule has 0 spiro atoms. The van der Waals surface area contributed by atoms with Gasteiger partial charge in [-0.2, -0.15) is 0 Å². The molecule has 0 radical (unpaired) electrons. The summed E-state index contributed by atoms with van der Waals surface area (Å²) in [6.07, 6.45) is 1.05. The maximum Gasteiger partial charge on any atom is 0.128 e. The molecule has 0 atom stereocenters. The van der Waals surface area contributed by atoms with Gasteiger partial charge in [0.05, 0.1) is 0 Å². The zero-order chi connectivity index (χ0) is 9.26. The molecule has 3 nitrogen and oxygen atoms in total. The van der Waals surface area contributed by atoms with Gasteiger partial charge in [-0.3, -0.25) is 4.99 Å². The summed E-state index contributed by atoms with van der Waals surface area (Å²) in [5, 5.41) is 3.25. The second kappa shape index (κ2) is 3.09. The number of fused-ring (bicyclic) bond motifs is 1. The minimum absolute atomic E-state index is 0.795. The molecule has 3 N–H and O–H groups in total. The number of nitrogens with two attached hydrogens (primary N) is 1. The molecule has 1 aromatic rings. The summed E-state index contributed by atoms with van der Waals surface area (Å²) in [6, 6.07) is 6.00. The van der Waals surface area contributed by atoms with Crippen molar-refractivity contribution in [3.63, 3.8) is 0 Å². The normalized spacial score (nSPS) is 18.1. The Bertz CT molecular complexity index is 355.